The first-order valence-electron chi connectivity index (χ1n) is 4.31. The van der Waals surface area contributed by atoms with Gasteiger partial charge in [0, 0.05) is 6.54 Å². The van der Waals surface area contributed by atoms with E-state index in [1.807, 2.05) is 0 Å². The van der Waals surface area contributed by atoms with Crippen molar-refractivity contribution in [3.63, 3.8) is 0 Å². The second-order valence-corrected chi connectivity index (χ2v) is 2.87. The third-order valence-corrected chi connectivity index (χ3v) is 1.72. The maximum absolute atomic E-state index is 13.3. The van der Waals surface area contributed by atoms with E-state index in [1.165, 1.54) is 12.1 Å². The van der Waals surface area contributed by atoms with Crippen molar-refractivity contribution in [1.82, 2.24) is 5.32 Å². The smallest absolute Gasteiger partial charge is 0.192 e. The molecular weight excluding hydrogens is 202 g/mol. The number of benzene rings is 1. The van der Waals surface area contributed by atoms with Crippen LogP contribution in [0.25, 0.3) is 0 Å². The first-order chi connectivity index (χ1) is 7.19. The molecule has 1 aromatic carbocycles. The number of rotatable bonds is 4. The Morgan fingerprint density at radius 3 is 2.47 bits per heavy atom. The monoisotopic (exact) mass is 212 g/mol. The Bertz CT molecular complexity index is 364. The minimum Gasteiger partial charge on any atom is -0.473 e. The molecule has 0 aliphatic heterocycles. The Hall–Kier alpha value is -1.67. The lowest BCUT2D eigenvalue weighted by atomic mass is 10.2. The van der Waals surface area contributed by atoms with Crippen LogP contribution in [0.3, 0.4) is 0 Å². The number of ether oxygens (including phenoxy) is 1. The van der Waals surface area contributed by atoms with Gasteiger partial charge >= 0.3 is 0 Å². The van der Waals surface area contributed by atoms with Crippen LogP contribution in [0.1, 0.15) is 5.56 Å². The van der Waals surface area contributed by atoms with E-state index in [0.29, 0.717) is 12.1 Å². The topological polar surface area (TPSA) is 45.0 Å². The van der Waals surface area contributed by atoms with Crippen molar-refractivity contribution in [3.8, 4) is 11.8 Å². The summed E-state index contributed by atoms with van der Waals surface area (Å²) in [4.78, 5) is 0. The molecule has 1 rings (SSSR count). The first kappa shape index (κ1) is 11.4. The summed E-state index contributed by atoms with van der Waals surface area (Å²) in [5, 5.41) is 11.0. The molecule has 1 N–H and O–H groups in total. The first-order valence-corrected chi connectivity index (χ1v) is 4.31. The number of nitrogens with zero attached hydrogens (tertiary/aromatic N) is 1. The van der Waals surface area contributed by atoms with Crippen LogP contribution in [-0.2, 0) is 6.54 Å². The molecule has 0 aromatic heterocycles. The molecule has 0 unspecified atom stereocenters. The Morgan fingerprint density at radius 1 is 1.40 bits per heavy atom. The zero-order chi connectivity index (χ0) is 11.3. The molecular formula is C10H10F2N2O. The normalized spacial score (nSPS) is 9.73. The number of halogens is 2. The number of hydrogen-bond acceptors (Lipinski definition) is 3. The van der Waals surface area contributed by atoms with Crippen molar-refractivity contribution >= 4 is 0 Å². The van der Waals surface area contributed by atoms with Gasteiger partial charge in [-0.25, -0.2) is 8.78 Å². The molecule has 0 spiro atoms. The highest BCUT2D eigenvalue weighted by Crippen LogP contribution is 2.23. The Kier molecular flexibility index (Phi) is 4.01. The summed E-state index contributed by atoms with van der Waals surface area (Å²) >= 11 is 0. The summed E-state index contributed by atoms with van der Waals surface area (Å²) in [6, 6.07) is 3.99. The fourth-order valence-corrected chi connectivity index (χ4v) is 1.16. The van der Waals surface area contributed by atoms with E-state index < -0.39 is 17.4 Å². The van der Waals surface area contributed by atoms with Gasteiger partial charge in [0.25, 0.3) is 0 Å². The van der Waals surface area contributed by atoms with Crippen LogP contribution in [0.15, 0.2) is 12.1 Å². The van der Waals surface area contributed by atoms with Crippen LogP contribution >= 0.6 is 0 Å². The summed E-state index contributed by atoms with van der Waals surface area (Å²) in [7, 11) is 1.68. The van der Waals surface area contributed by atoms with E-state index >= 15 is 0 Å². The van der Waals surface area contributed by atoms with Gasteiger partial charge in [-0.2, -0.15) is 5.26 Å². The van der Waals surface area contributed by atoms with E-state index in [0.717, 1.165) is 0 Å². The maximum Gasteiger partial charge on any atom is 0.192 e. The summed E-state index contributed by atoms with van der Waals surface area (Å²) in [5.74, 6) is -2.09. The molecule has 0 atom stereocenters. The van der Waals surface area contributed by atoms with Crippen LogP contribution in [-0.4, -0.2) is 13.7 Å². The number of nitrogens with one attached hydrogen (secondary N) is 1. The SMILES string of the molecule is CNCc1cc(F)c(OCC#N)c(F)c1. The highest BCUT2D eigenvalue weighted by molar-refractivity contribution is 5.31. The van der Waals surface area contributed by atoms with Gasteiger partial charge in [-0.15, -0.1) is 0 Å². The van der Waals surface area contributed by atoms with Gasteiger partial charge in [0.1, 0.15) is 6.07 Å². The number of nitriles is 1. The van der Waals surface area contributed by atoms with Gasteiger partial charge in [-0.05, 0) is 24.7 Å². The molecule has 0 aliphatic rings. The van der Waals surface area contributed by atoms with Crippen molar-refractivity contribution in [1.29, 1.82) is 5.26 Å². The largest absolute Gasteiger partial charge is 0.473 e. The molecule has 15 heavy (non-hydrogen) atoms. The molecule has 0 saturated carbocycles. The van der Waals surface area contributed by atoms with Crippen molar-refractivity contribution < 1.29 is 13.5 Å². The molecule has 0 saturated heterocycles. The van der Waals surface area contributed by atoms with Gasteiger partial charge in [-0.1, -0.05) is 0 Å². The average molecular weight is 212 g/mol. The summed E-state index contributed by atoms with van der Waals surface area (Å²) in [6.45, 7) is -0.00835. The highest BCUT2D eigenvalue weighted by atomic mass is 19.1. The van der Waals surface area contributed by atoms with Gasteiger partial charge in [0.05, 0.1) is 0 Å². The van der Waals surface area contributed by atoms with Crippen LogP contribution in [0.5, 0.6) is 5.75 Å². The van der Waals surface area contributed by atoms with Crippen molar-refractivity contribution in [2.75, 3.05) is 13.7 Å². The van der Waals surface area contributed by atoms with Crippen LogP contribution in [0, 0.1) is 23.0 Å². The minimum atomic E-state index is -0.796. The highest BCUT2D eigenvalue weighted by Gasteiger charge is 2.12. The second kappa shape index (κ2) is 5.27. The predicted octanol–water partition coefficient (Wildman–Crippen LogP) is 1.59. The van der Waals surface area contributed by atoms with E-state index in [2.05, 4.69) is 10.1 Å². The minimum absolute atomic E-state index is 0.367. The zero-order valence-corrected chi connectivity index (χ0v) is 8.18. The number of hydrogen-bond donors (Lipinski definition) is 1. The Labute approximate surface area is 86.3 Å². The van der Waals surface area contributed by atoms with E-state index in [4.69, 9.17) is 5.26 Å². The van der Waals surface area contributed by atoms with Gasteiger partial charge in [0.15, 0.2) is 24.0 Å². The van der Waals surface area contributed by atoms with Crippen molar-refractivity contribution in [2.45, 2.75) is 6.54 Å². The molecule has 1 aromatic rings. The van der Waals surface area contributed by atoms with Crippen molar-refractivity contribution in [3.05, 3.63) is 29.3 Å². The molecule has 5 heteroatoms. The van der Waals surface area contributed by atoms with Crippen LogP contribution in [0.4, 0.5) is 8.78 Å². The lowest BCUT2D eigenvalue weighted by Crippen LogP contribution is -2.07. The van der Waals surface area contributed by atoms with E-state index in [-0.39, 0.29) is 6.61 Å². The molecule has 80 valence electrons. The molecule has 0 heterocycles. The van der Waals surface area contributed by atoms with Gasteiger partial charge < -0.3 is 10.1 Å². The molecule has 3 nitrogen and oxygen atoms in total. The maximum atomic E-state index is 13.3. The third-order valence-electron chi connectivity index (χ3n) is 1.72. The standard InChI is InChI=1S/C10H10F2N2O/c1-14-6-7-4-8(11)10(9(12)5-7)15-3-2-13/h4-5,14H,3,6H2,1H3. The quantitative estimate of drug-likeness (QED) is 0.824. The fourth-order valence-electron chi connectivity index (χ4n) is 1.16. The lowest BCUT2D eigenvalue weighted by molar-refractivity contribution is 0.324. The van der Waals surface area contributed by atoms with Crippen LogP contribution in [0.2, 0.25) is 0 Å². The lowest BCUT2D eigenvalue weighted by Gasteiger charge is -2.07. The third kappa shape index (κ3) is 2.89. The summed E-state index contributed by atoms with van der Waals surface area (Å²) < 4.78 is 31.1. The molecule has 0 bridgehead atoms. The zero-order valence-electron chi connectivity index (χ0n) is 8.18. The Balaban J connectivity index is 2.94. The Morgan fingerprint density at radius 2 is 2.00 bits per heavy atom. The van der Waals surface area contributed by atoms with E-state index in [1.54, 1.807) is 13.1 Å². The molecule has 0 radical (unpaired) electrons. The summed E-state index contributed by atoms with van der Waals surface area (Å²) in [6.07, 6.45) is 0. The second-order valence-electron chi connectivity index (χ2n) is 2.87. The van der Waals surface area contributed by atoms with E-state index in [9.17, 15) is 8.78 Å². The molecule has 0 fully saturated rings. The summed E-state index contributed by atoms with van der Waals surface area (Å²) in [5.41, 5.74) is 0.483. The van der Waals surface area contributed by atoms with Gasteiger partial charge in [-0.3, -0.25) is 0 Å². The molecule has 0 amide bonds. The average Bonchev–Trinajstić information content (AvgIpc) is 2.17. The predicted molar refractivity (Wildman–Crippen MR) is 50.2 cm³/mol. The molecule has 0 aliphatic carbocycles. The van der Waals surface area contributed by atoms with Crippen molar-refractivity contribution in [2.24, 2.45) is 0 Å². The van der Waals surface area contributed by atoms with Crippen LogP contribution < -0.4 is 10.1 Å². The van der Waals surface area contributed by atoms with Gasteiger partial charge in [0.2, 0.25) is 0 Å². The fraction of sp³-hybridized carbons (Fsp3) is 0.300.